The molecule has 2 rings (SSSR count). The maximum atomic E-state index is 11.0. The fourth-order valence-electron chi connectivity index (χ4n) is 1.99. The highest BCUT2D eigenvalue weighted by atomic mass is 16.6. The molecule has 110 valence electrons. The normalized spacial score (nSPS) is 10.2. The number of hydrogen-bond acceptors (Lipinski definition) is 5. The summed E-state index contributed by atoms with van der Waals surface area (Å²) in [5.41, 5.74) is 2.10. The van der Waals surface area contributed by atoms with Crippen molar-refractivity contribution >= 4 is 11.4 Å². The van der Waals surface area contributed by atoms with Gasteiger partial charge in [0.15, 0.2) is 11.5 Å². The number of rotatable bonds is 5. The number of phenolic OH excluding ortho intramolecular Hbond substituents is 1. The molecule has 0 aliphatic heterocycles. The van der Waals surface area contributed by atoms with Crippen LogP contribution >= 0.6 is 0 Å². The minimum absolute atomic E-state index is 0.0349. The number of ether oxygens (including phenoxy) is 1. The summed E-state index contributed by atoms with van der Waals surface area (Å²) >= 11 is 0. The summed E-state index contributed by atoms with van der Waals surface area (Å²) in [7, 11) is 1.47. The molecule has 0 spiro atoms. The highest BCUT2D eigenvalue weighted by Crippen LogP contribution is 2.28. The molecule has 6 heteroatoms. The first-order valence-electron chi connectivity index (χ1n) is 6.36. The van der Waals surface area contributed by atoms with E-state index in [9.17, 15) is 15.2 Å². The van der Waals surface area contributed by atoms with Gasteiger partial charge in [0.2, 0.25) is 0 Å². The minimum Gasteiger partial charge on any atom is -0.504 e. The van der Waals surface area contributed by atoms with Crippen molar-refractivity contribution in [2.24, 2.45) is 0 Å². The van der Waals surface area contributed by atoms with Crippen molar-refractivity contribution in [1.29, 1.82) is 0 Å². The largest absolute Gasteiger partial charge is 0.504 e. The van der Waals surface area contributed by atoms with Gasteiger partial charge in [-0.3, -0.25) is 10.1 Å². The van der Waals surface area contributed by atoms with Crippen LogP contribution in [0.2, 0.25) is 0 Å². The predicted molar refractivity (Wildman–Crippen MR) is 79.8 cm³/mol. The Morgan fingerprint density at radius 2 is 2.05 bits per heavy atom. The van der Waals surface area contributed by atoms with Crippen LogP contribution in [0.5, 0.6) is 11.5 Å². The van der Waals surface area contributed by atoms with E-state index in [4.69, 9.17) is 4.74 Å². The molecule has 2 aromatic rings. The molecule has 0 amide bonds. The van der Waals surface area contributed by atoms with Crippen molar-refractivity contribution in [3.05, 3.63) is 57.6 Å². The van der Waals surface area contributed by atoms with Gasteiger partial charge in [0, 0.05) is 12.6 Å². The molecule has 0 unspecified atom stereocenters. The summed E-state index contributed by atoms with van der Waals surface area (Å²) in [5.74, 6) is 0.426. The quantitative estimate of drug-likeness (QED) is 0.651. The van der Waals surface area contributed by atoms with Gasteiger partial charge in [0.1, 0.15) is 5.69 Å². The number of nitro groups is 1. The van der Waals surface area contributed by atoms with Crippen LogP contribution in [-0.4, -0.2) is 17.1 Å². The first-order chi connectivity index (χ1) is 10.0. The summed E-state index contributed by atoms with van der Waals surface area (Å²) in [5, 5.41) is 23.7. The zero-order valence-electron chi connectivity index (χ0n) is 11.8. The van der Waals surface area contributed by atoms with Crippen LogP contribution < -0.4 is 10.1 Å². The average Bonchev–Trinajstić information content (AvgIpc) is 2.46. The number of nitrogens with zero attached hydrogens (tertiary/aromatic N) is 1. The van der Waals surface area contributed by atoms with Crippen molar-refractivity contribution in [1.82, 2.24) is 0 Å². The van der Waals surface area contributed by atoms with E-state index < -0.39 is 4.92 Å². The number of nitrogens with one attached hydrogen (secondary N) is 1. The monoisotopic (exact) mass is 288 g/mol. The Balaban J connectivity index is 2.16. The molecule has 21 heavy (non-hydrogen) atoms. The third-order valence-electron chi connectivity index (χ3n) is 3.08. The number of benzene rings is 2. The molecule has 6 nitrogen and oxygen atoms in total. The summed E-state index contributed by atoms with van der Waals surface area (Å²) in [6, 6.07) is 10.00. The van der Waals surface area contributed by atoms with Gasteiger partial charge in [-0.1, -0.05) is 12.1 Å². The van der Waals surface area contributed by atoms with Crippen LogP contribution in [0, 0.1) is 17.0 Å². The number of methoxy groups -OCH3 is 1. The van der Waals surface area contributed by atoms with Crippen molar-refractivity contribution in [2.75, 3.05) is 12.4 Å². The van der Waals surface area contributed by atoms with E-state index in [2.05, 4.69) is 5.32 Å². The molecule has 2 aromatic carbocycles. The molecular formula is C15H16N2O4. The maximum Gasteiger partial charge on any atom is 0.292 e. The smallest absolute Gasteiger partial charge is 0.292 e. The van der Waals surface area contributed by atoms with E-state index in [1.165, 1.54) is 13.2 Å². The highest BCUT2D eigenvalue weighted by Gasteiger charge is 2.13. The maximum absolute atomic E-state index is 11.0. The van der Waals surface area contributed by atoms with E-state index in [0.717, 1.165) is 11.1 Å². The number of aryl methyl sites for hydroxylation is 1. The van der Waals surface area contributed by atoms with Crippen LogP contribution in [-0.2, 0) is 6.54 Å². The van der Waals surface area contributed by atoms with Crippen molar-refractivity contribution in [3.63, 3.8) is 0 Å². The number of aromatic hydroxyl groups is 1. The van der Waals surface area contributed by atoms with Gasteiger partial charge in [0.25, 0.3) is 5.69 Å². The van der Waals surface area contributed by atoms with E-state index in [1.807, 2.05) is 0 Å². The molecule has 2 N–H and O–H groups in total. The first kappa shape index (κ1) is 14.6. The Morgan fingerprint density at radius 3 is 2.67 bits per heavy atom. The molecule has 0 atom stereocenters. The van der Waals surface area contributed by atoms with E-state index in [1.54, 1.807) is 37.3 Å². The van der Waals surface area contributed by atoms with Crippen molar-refractivity contribution in [3.8, 4) is 11.5 Å². The molecule has 0 aliphatic carbocycles. The molecule has 0 bridgehead atoms. The van der Waals surface area contributed by atoms with Gasteiger partial charge < -0.3 is 15.2 Å². The van der Waals surface area contributed by atoms with Gasteiger partial charge in [-0.25, -0.2) is 0 Å². The third-order valence-corrected chi connectivity index (χ3v) is 3.08. The van der Waals surface area contributed by atoms with Crippen LogP contribution in [0.25, 0.3) is 0 Å². The first-order valence-corrected chi connectivity index (χ1v) is 6.36. The summed E-state index contributed by atoms with van der Waals surface area (Å²) in [4.78, 5) is 10.6. The fourth-order valence-corrected chi connectivity index (χ4v) is 1.99. The lowest BCUT2D eigenvalue weighted by Gasteiger charge is -2.09. The Labute approximate surface area is 122 Å². The van der Waals surface area contributed by atoms with Gasteiger partial charge in [0.05, 0.1) is 12.0 Å². The number of anilines is 1. The second-order valence-corrected chi connectivity index (χ2v) is 4.64. The second kappa shape index (κ2) is 6.13. The highest BCUT2D eigenvalue weighted by molar-refractivity contribution is 5.62. The van der Waals surface area contributed by atoms with E-state index in [0.29, 0.717) is 18.0 Å². The van der Waals surface area contributed by atoms with E-state index >= 15 is 0 Å². The summed E-state index contributed by atoms with van der Waals surface area (Å²) < 4.78 is 4.97. The van der Waals surface area contributed by atoms with Gasteiger partial charge in [-0.2, -0.15) is 0 Å². The topological polar surface area (TPSA) is 84.6 Å². The van der Waals surface area contributed by atoms with Crippen LogP contribution in [0.15, 0.2) is 36.4 Å². The SMILES string of the molecule is COc1ccc(CNc2ccc(C)cc2[N+](=O)[O-])cc1O. The Morgan fingerprint density at radius 1 is 1.29 bits per heavy atom. The van der Waals surface area contributed by atoms with Crippen LogP contribution in [0.3, 0.4) is 0 Å². The van der Waals surface area contributed by atoms with Crippen molar-refractivity contribution < 1.29 is 14.8 Å². The standard InChI is InChI=1S/C15H16N2O4/c1-10-3-5-12(13(7-10)17(19)20)16-9-11-4-6-15(21-2)14(18)8-11/h3-8,16,18H,9H2,1-2H3. The molecule has 0 radical (unpaired) electrons. The number of phenols is 1. The molecule has 0 heterocycles. The number of nitro benzene ring substituents is 1. The lowest BCUT2D eigenvalue weighted by molar-refractivity contribution is -0.384. The summed E-state index contributed by atoms with van der Waals surface area (Å²) in [6.07, 6.45) is 0. The summed E-state index contributed by atoms with van der Waals surface area (Å²) in [6.45, 7) is 2.17. The number of hydrogen-bond donors (Lipinski definition) is 2. The Kier molecular flexibility index (Phi) is 4.27. The van der Waals surface area contributed by atoms with Gasteiger partial charge in [-0.15, -0.1) is 0 Å². The Bertz CT molecular complexity index is 671. The molecule has 0 saturated heterocycles. The van der Waals surface area contributed by atoms with Crippen molar-refractivity contribution in [2.45, 2.75) is 13.5 Å². The van der Waals surface area contributed by atoms with Gasteiger partial charge in [-0.05, 0) is 36.2 Å². The van der Waals surface area contributed by atoms with E-state index in [-0.39, 0.29) is 11.4 Å². The molecule has 0 saturated carbocycles. The zero-order valence-corrected chi connectivity index (χ0v) is 11.8. The zero-order chi connectivity index (χ0) is 15.4. The average molecular weight is 288 g/mol. The van der Waals surface area contributed by atoms with Crippen LogP contribution in [0.1, 0.15) is 11.1 Å². The third kappa shape index (κ3) is 3.42. The molecule has 0 fully saturated rings. The van der Waals surface area contributed by atoms with Crippen LogP contribution in [0.4, 0.5) is 11.4 Å². The van der Waals surface area contributed by atoms with Gasteiger partial charge >= 0.3 is 0 Å². The predicted octanol–water partition coefficient (Wildman–Crippen LogP) is 3.23. The Hall–Kier alpha value is -2.76. The minimum atomic E-state index is -0.416. The lowest BCUT2D eigenvalue weighted by Crippen LogP contribution is -2.03. The molecule has 0 aliphatic rings. The second-order valence-electron chi connectivity index (χ2n) is 4.64. The lowest BCUT2D eigenvalue weighted by atomic mass is 10.1. The molecule has 0 aromatic heterocycles. The molecular weight excluding hydrogens is 272 g/mol. The fraction of sp³-hybridized carbons (Fsp3) is 0.200.